The number of hydrazine groups is 1. The fraction of sp³-hybridized carbons (Fsp3) is 0.357. The van der Waals surface area contributed by atoms with Gasteiger partial charge in [0.1, 0.15) is 5.69 Å². The van der Waals surface area contributed by atoms with E-state index in [0.29, 0.717) is 10.8 Å². The second kappa shape index (κ2) is 7.26. The van der Waals surface area contributed by atoms with Crippen LogP contribution >= 0.6 is 27.5 Å². The summed E-state index contributed by atoms with van der Waals surface area (Å²) in [6.45, 7) is 2.89. The molecule has 0 radical (unpaired) electrons. The Morgan fingerprint density at radius 1 is 1.48 bits per heavy atom. The molecular formula is C14H18BrClN4O. The Labute approximate surface area is 137 Å². The number of hydrogen-bond acceptors (Lipinski definition) is 4. The van der Waals surface area contributed by atoms with Gasteiger partial charge in [-0.25, -0.2) is 5.43 Å². The van der Waals surface area contributed by atoms with Crippen molar-refractivity contribution in [3.8, 4) is 5.75 Å². The number of rotatable bonds is 6. The summed E-state index contributed by atoms with van der Waals surface area (Å²) < 4.78 is 8.21. The van der Waals surface area contributed by atoms with Gasteiger partial charge in [0.05, 0.1) is 19.3 Å². The molecule has 1 aromatic heterocycles. The minimum atomic E-state index is -0.260. The Morgan fingerprint density at radius 2 is 2.24 bits per heavy atom. The van der Waals surface area contributed by atoms with E-state index in [9.17, 15) is 0 Å². The summed E-state index contributed by atoms with van der Waals surface area (Å²) in [6, 6.07) is 5.42. The van der Waals surface area contributed by atoms with Crippen LogP contribution in [0.1, 0.15) is 30.6 Å². The van der Waals surface area contributed by atoms with Gasteiger partial charge in [0.25, 0.3) is 0 Å². The van der Waals surface area contributed by atoms with Gasteiger partial charge in [0, 0.05) is 16.0 Å². The van der Waals surface area contributed by atoms with Crippen LogP contribution in [0.4, 0.5) is 0 Å². The Morgan fingerprint density at radius 3 is 2.81 bits per heavy atom. The third-order valence-corrected chi connectivity index (χ3v) is 3.83. The van der Waals surface area contributed by atoms with Gasteiger partial charge in [-0.2, -0.15) is 5.10 Å². The average Bonchev–Trinajstić information content (AvgIpc) is 2.82. The Bertz CT molecular complexity index is 597. The monoisotopic (exact) mass is 372 g/mol. The third kappa shape index (κ3) is 3.58. The molecule has 1 heterocycles. The summed E-state index contributed by atoms with van der Waals surface area (Å²) in [7, 11) is 1.62. The van der Waals surface area contributed by atoms with E-state index in [2.05, 4.69) is 33.4 Å². The van der Waals surface area contributed by atoms with Crippen molar-refractivity contribution in [2.75, 3.05) is 7.11 Å². The zero-order valence-electron chi connectivity index (χ0n) is 11.9. The topological polar surface area (TPSA) is 65.1 Å². The molecule has 0 amide bonds. The van der Waals surface area contributed by atoms with Crippen LogP contribution in [0, 0.1) is 0 Å². The highest BCUT2D eigenvalue weighted by Crippen LogP contribution is 2.32. The first-order valence-electron chi connectivity index (χ1n) is 6.62. The van der Waals surface area contributed by atoms with Crippen molar-refractivity contribution in [2.45, 2.75) is 25.9 Å². The highest BCUT2D eigenvalue weighted by molar-refractivity contribution is 9.10. The molecule has 1 atom stereocenters. The van der Waals surface area contributed by atoms with Crippen LogP contribution in [0.25, 0.3) is 0 Å². The molecule has 0 saturated carbocycles. The number of aryl methyl sites for hydroxylation is 1. The standard InChI is InChI=1S/C14H18BrClN4O/c1-3-4-20-14(12(21-2)8-18-20)13(19-17)9-5-10(15)7-11(16)6-9/h5-8,13,19H,3-4,17H2,1-2H3. The first-order valence-corrected chi connectivity index (χ1v) is 7.79. The van der Waals surface area contributed by atoms with Gasteiger partial charge in [-0.15, -0.1) is 0 Å². The van der Waals surface area contributed by atoms with Gasteiger partial charge in [-0.3, -0.25) is 10.5 Å². The number of nitrogens with zero attached hydrogens (tertiary/aromatic N) is 2. The van der Waals surface area contributed by atoms with Crippen molar-refractivity contribution >= 4 is 27.5 Å². The summed E-state index contributed by atoms with van der Waals surface area (Å²) in [5.41, 5.74) is 4.65. The minimum Gasteiger partial charge on any atom is -0.493 e. The molecule has 2 rings (SSSR count). The molecule has 0 saturated heterocycles. The van der Waals surface area contributed by atoms with Crippen LogP contribution in [-0.4, -0.2) is 16.9 Å². The van der Waals surface area contributed by atoms with Crippen LogP contribution in [0.3, 0.4) is 0 Å². The van der Waals surface area contributed by atoms with Crippen LogP contribution in [-0.2, 0) is 6.54 Å². The Hall–Kier alpha value is -1.08. The fourth-order valence-electron chi connectivity index (χ4n) is 2.29. The molecule has 1 unspecified atom stereocenters. The number of methoxy groups -OCH3 is 1. The smallest absolute Gasteiger partial charge is 0.161 e. The lowest BCUT2D eigenvalue weighted by atomic mass is 10.0. The summed E-state index contributed by atoms with van der Waals surface area (Å²) in [5.74, 6) is 6.48. The Kier molecular flexibility index (Phi) is 5.64. The van der Waals surface area contributed by atoms with E-state index in [-0.39, 0.29) is 6.04 Å². The van der Waals surface area contributed by atoms with E-state index < -0.39 is 0 Å². The van der Waals surface area contributed by atoms with Crippen molar-refractivity contribution in [1.82, 2.24) is 15.2 Å². The van der Waals surface area contributed by atoms with E-state index >= 15 is 0 Å². The number of nitrogens with one attached hydrogen (secondary N) is 1. The van der Waals surface area contributed by atoms with Crippen molar-refractivity contribution in [1.29, 1.82) is 0 Å². The summed E-state index contributed by atoms with van der Waals surface area (Å²) in [5, 5.41) is 5.01. The van der Waals surface area contributed by atoms with Crippen LogP contribution in [0.2, 0.25) is 5.02 Å². The molecule has 3 N–H and O–H groups in total. The quantitative estimate of drug-likeness (QED) is 0.602. The predicted octanol–water partition coefficient (Wildman–Crippen LogP) is 3.27. The van der Waals surface area contributed by atoms with Crippen molar-refractivity contribution in [2.24, 2.45) is 5.84 Å². The van der Waals surface area contributed by atoms with E-state index in [1.165, 1.54) is 0 Å². The number of ether oxygens (including phenoxy) is 1. The molecule has 0 fully saturated rings. The van der Waals surface area contributed by atoms with Crippen LogP contribution in [0.15, 0.2) is 28.9 Å². The van der Waals surface area contributed by atoms with Crippen molar-refractivity contribution in [3.05, 3.63) is 45.1 Å². The SMILES string of the molecule is CCCn1ncc(OC)c1C(NN)c1cc(Cl)cc(Br)c1. The van der Waals surface area contributed by atoms with Gasteiger partial charge in [-0.1, -0.05) is 34.5 Å². The average molecular weight is 374 g/mol. The molecule has 114 valence electrons. The van der Waals surface area contributed by atoms with Crippen molar-refractivity contribution in [3.63, 3.8) is 0 Å². The minimum absolute atomic E-state index is 0.260. The highest BCUT2D eigenvalue weighted by Gasteiger charge is 2.23. The molecule has 1 aromatic carbocycles. The predicted molar refractivity (Wildman–Crippen MR) is 87.4 cm³/mol. The van der Waals surface area contributed by atoms with Gasteiger partial charge in [0.15, 0.2) is 5.75 Å². The number of nitrogens with two attached hydrogens (primary N) is 1. The number of aromatic nitrogens is 2. The molecular weight excluding hydrogens is 356 g/mol. The molecule has 21 heavy (non-hydrogen) atoms. The Balaban J connectivity index is 2.52. The maximum atomic E-state index is 6.13. The van der Waals surface area contributed by atoms with E-state index in [1.807, 2.05) is 22.9 Å². The van der Waals surface area contributed by atoms with Crippen molar-refractivity contribution < 1.29 is 4.74 Å². The largest absolute Gasteiger partial charge is 0.493 e. The van der Waals surface area contributed by atoms with Gasteiger partial charge in [0.2, 0.25) is 0 Å². The second-order valence-corrected chi connectivity index (χ2v) is 5.98. The lowest BCUT2D eigenvalue weighted by Gasteiger charge is -2.20. The highest BCUT2D eigenvalue weighted by atomic mass is 79.9. The second-order valence-electron chi connectivity index (χ2n) is 4.62. The maximum absolute atomic E-state index is 6.13. The molecule has 5 nitrogen and oxygen atoms in total. The zero-order chi connectivity index (χ0) is 15.4. The number of halogens is 2. The zero-order valence-corrected chi connectivity index (χ0v) is 14.3. The fourth-order valence-corrected chi connectivity index (χ4v) is 3.18. The molecule has 0 aliphatic heterocycles. The number of benzene rings is 1. The number of hydrogen-bond donors (Lipinski definition) is 2. The molecule has 2 aromatic rings. The molecule has 0 aliphatic carbocycles. The van der Waals surface area contributed by atoms with Crippen LogP contribution in [0.5, 0.6) is 5.75 Å². The van der Waals surface area contributed by atoms with E-state index in [4.69, 9.17) is 22.2 Å². The first-order chi connectivity index (χ1) is 10.1. The third-order valence-electron chi connectivity index (χ3n) is 3.16. The first kappa shape index (κ1) is 16.3. The lowest BCUT2D eigenvalue weighted by molar-refractivity contribution is 0.398. The normalized spacial score (nSPS) is 12.4. The van der Waals surface area contributed by atoms with Gasteiger partial charge in [-0.05, 0) is 30.2 Å². The van der Waals surface area contributed by atoms with Crippen LogP contribution < -0.4 is 16.0 Å². The maximum Gasteiger partial charge on any atom is 0.161 e. The summed E-state index contributed by atoms with van der Waals surface area (Å²) in [4.78, 5) is 0. The summed E-state index contributed by atoms with van der Waals surface area (Å²) >= 11 is 9.59. The lowest BCUT2D eigenvalue weighted by Crippen LogP contribution is -2.31. The molecule has 0 spiro atoms. The molecule has 0 aliphatic rings. The van der Waals surface area contributed by atoms with Gasteiger partial charge >= 0.3 is 0 Å². The molecule has 0 bridgehead atoms. The molecule has 7 heteroatoms. The van der Waals surface area contributed by atoms with E-state index in [0.717, 1.165) is 28.7 Å². The van der Waals surface area contributed by atoms with Gasteiger partial charge < -0.3 is 4.74 Å². The summed E-state index contributed by atoms with van der Waals surface area (Å²) in [6.07, 6.45) is 2.67. The van der Waals surface area contributed by atoms with E-state index in [1.54, 1.807) is 13.3 Å².